The topological polar surface area (TPSA) is 9.86 Å². The molecule has 0 saturated carbocycles. The zero-order valence-corrected chi connectivity index (χ0v) is 28.3. The molecular formula is C49H34N2. The van der Waals surface area contributed by atoms with Crippen LogP contribution >= 0.6 is 0 Å². The van der Waals surface area contributed by atoms with E-state index in [0.29, 0.717) is 0 Å². The van der Waals surface area contributed by atoms with E-state index in [2.05, 4.69) is 199 Å². The number of rotatable bonds is 5. The van der Waals surface area contributed by atoms with Gasteiger partial charge < -0.3 is 9.13 Å². The lowest BCUT2D eigenvalue weighted by Gasteiger charge is -2.14. The maximum atomic E-state index is 4.56. The Labute approximate surface area is 296 Å². The summed E-state index contributed by atoms with van der Waals surface area (Å²) in [6.45, 7) is 6.79. The zero-order chi connectivity index (χ0) is 34.1. The van der Waals surface area contributed by atoms with Crippen molar-refractivity contribution in [1.29, 1.82) is 0 Å². The van der Waals surface area contributed by atoms with Crippen molar-refractivity contribution in [2.24, 2.45) is 0 Å². The van der Waals surface area contributed by atoms with E-state index in [0.717, 1.165) is 22.5 Å². The Morgan fingerprint density at radius 2 is 0.941 bits per heavy atom. The van der Waals surface area contributed by atoms with E-state index in [1.165, 1.54) is 76.3 Å². The molecule has 0 amide bonds. The molecule has 0 unspecified atom stereocenters. The van der Waals surface area contributed by atoms with E-state index < -0.39 is 0 Å². The minimum atomic E-state index is 0.974. The first kappa shape index (κ1) is 29.3. The van der Waals surface area contributed by atoms with Crippen LogP contribution in [0.4, 0.5) is 0 Å². The third kappa shape index (κ3) is 4.50. The predicted molar refractivity (Wildman–Crippen MR) is 219 cm³/mol. The highest BCUT2D eigenvalue weighted by Crippen LogP contribution is 2.38. The van der Waals surface area contributed by atoms with Gasteiger partial charge in [-0.2, -0.15) is 0 Å². The minimum Gasteiger partial charge on any atom is -0.313 e. The lowest BCUT2D eigenvalue weighted by atomic mass is 9.94. The molecule has 0 spiro atoms. The second-order valence-corrected chi connectivity index (χ2v) is 13.5. The molecule has 0 atom stereocenters. The number of allylic oxidation sites excluding steroid dienone is 2. The van der Waals surface area contributed by atoms with Gasteiger partial charge in [0.05, 0.1) is 16.6 Å². The summed E-state index contributed by atoms with van der Waals surface area (Å²) in [5, 5.41) is 11.4. The first-order chi connectivity index (χ1) is 25.2. The SMILES string of the molecule is C=C(/C=C\c1c(C)n(-c2ccc3c4ccccc4c4ccccc4c3c2)c2ccccc12)c1ccc2c3ccccc3n(-c3ccccc3)c2c1. The molecule has 0 N–H and O–H groups in total. The highest BCUT2D eigenvalue weighted by Gasteiger charge is 2.17. The van der Waals surface area contributed by atoms with Crippen LogP contribution in [0.25, 0.3) is 88.1 Å². The van der Waals surface area contributed by atoms with E-state index in [1.54, 1.807) is 0 Å². The predicted octanol–water partition coefficient (Wildman–Crippen LogP) is 13.2. The Morgan fingerprint density at radius 3 is 1.63 bits per heavy atom. The Morgan fingerprint density at radius 1 is 0.431 bits per heavy atom. The number of fused-ring (bicyclic) bond motifs is 10. The molecular weight excluding hydrogens is 617 g/mol. The van der Waals surface area contributed by atoms with Crippen LogP contribution in [0.1, 0.15) is 16.8 Å². The average Bonchev–Trinajstić information content (AvgIpc) is 3.67. The van der Waals surface area contributed by atoms with E-state index in [4.69, 9.17) is 0 Å². The van der Waals surface area contributed by atoms with Crippen molar-refractivity contribution in [3.8, 4) is 11.4 Å². The smallest absolute Gasteiger partial charge is 0.0547 e. The van der Waals surface area contributed by atoms with Crippen LogP contribution < -0.4 is 0 Å². The molecule has 10 rings (SSSR count). The van der Waals surface area contributed by atoms with Crippen LogP contribution in [-0.2, 0) is 0 Å². The van der Waals surface area contributed by atoms with Gasteiger partial charge in [-0.15, -0.1) is 0 Å². The number of benzene rings is 8. The van der Waals surface area contributed by atoms with Gasteiger partial charge in [-0.05, 0) is 92.8 Å². The summed E-state index contributed by atoms with van der Waals surface area (Å²) in [5.74, 6) is 0. The molecule has 0 aliphatic carbocycles. The lowest BCUT2D eigenvalue weighted by Crippen LogP contribution is -1.97. The van der Waals surface area contributed by atoms with E-state index >= 15 is 0 Å². The van der Waals surface area contributed by atoms with Gasteiger partial charge in [0.1, 0.15) is 0 Å². The third-order valence-electron chi connectivity index (χ3n) is 10.7. The zero-order valence-electron chi connectivity index (χ0n) is 28.3. The molecule has 2 aromatic heterocycles. The molecule has 51 heavy (non-hydrogen) atoms. The van der Waals surface area contributed by atoms with Gasteiger partial charge >= 0.3 is 0 Å². The highest BCUT2D eigenvalue weighted by molar-refractivity contribution is 6.25. The van der Waals surface area contributed by atoms with Gasteiger partial charge in [0.15, 0.2) is 0 Å². The fourth-order valence-corrected chi connectivity index (χ4v) is 8.28. The van der Waals surface area contributed by atoms with Crippen LogP contribution in [0.5, 0.6) is 0 Å². The number of nitrogens with zero attached hydrogens (tertiary/aromatic N) is 2. The summed E-state index contributed by atoms with van der Waals surface area (Å²) in [6.07, 6.45) is 4.42. The summed E-state index contributed by atoms with van der Waals surface area (Å²) >= 11 is 0. The second-order valence-electron chi connectivity index (χ2n) is 13.5. The van der Waals surface area contributed by atoms with E-state index in [-0.39, 0.29) is 0 Å². The molecule has 0 bridgehead atoms. The number of aromatic nitrogens is 2. The van der Waals surface area contributed by atoms with Crippen molar-refractivity contribution in [2.45, 2.75) is 6.92 Å². The van der Waals surface area contributed by atoms with Gasteiger partial charge in [-0.1, -0.05) is 140 Å². The highest BCUT2D eigenvalue weighted by atomic mass is 15.0. The largest absolute Gasteiger partial charge is 0.313 e. The average molecular weight is 651 g/mol. The van der Waals surface area contributed by atoms with E-state index in [9.17, 15) is 0 Å². The molecule has 0 aliphatic rings. The van der Waals surface area contributed by atoms with Gasteiger partial charge in [-0.3, -0.25) is 0 Å². The Kier molecular flexibility index (Phi) is 6.59. The van der Waals surface area contributed by atoms with Crippen molar-refractivity contribution in [2.75, 3.05) is 0 Å². The standard InChI is InChI=1S/C49H34N2/c1-32(34-25-28-45-44-21-11-13-23-48(44)51(49(45)30-34)35-14-4-3-5-15-35)24-27-37-33(2)50(47-22-12-10-20-43(37)47)36-26-29-42-40-18-7-6-16-38(40)39-17-8-9-19-41(39)46(42)31-36/h3-31H,1H2,2H3/b27-24-. The van der Waals surface area contributed by atoms with Crippen LogP contribution in [0.15, 0.2) is 176 Å². The van der Waals surface area contributed by atoms with Gasteiger partial charge in [-0.25, -0.2) is 0 Å². The lowest BCUT2D eigenvalue weighted by molar-refractivity contribution is 1.05. The minimum absolute atomic E-state index is 0.974. The second kappa shape index (κ2) is 11.5. The number of hydrogen-bond acceptors (Lipinski definition) is 0. The summed E-state index contributed by atoms with van der Waals surface area (Å²) in [7, 11) is 0. The molecule has 10 aromatic rings. The van der Waals surface area contributed by atoms with Crippen molar-refractivity contribution >= 4 is 76.7 Å². The summed E-state index contributed by atoms with van der Waals surface area (Å²) in [5.41, 5.74) is 10.4. The number of para-hydroxylation sites is 3. The summed E-state index contributed by atoms with van der Waals surface area (Å²) < 4.78 is 4.77. The molecule has 2 heterocycles. The molecule has 0 radical (unpaired) electrons. The Hall–Kier alpha value is -6.64. The summed E-state index contributed by atoms with van der Waals surface area (Å²) in [6, 6.07) is 59.2. The maximum absolute atomic E-state index is 4.56. The van der Waals surface area contributed by atoms with Gasteiger partial charge in [0, 0.05) is 38.8 Å². The monoisotopic (exact) mass is 650 g/mol. The van der Waals surface area contributed by atoms with Crippen molar-refractivity contribution < 1.29 is 0 Å². The molecule has 0 saturated heterocycles. The fraction of sp³-hybridized carbons (Fsp3) is 0.0204. The van der Waals surface area contributed by atoms with Gasteiger partial charge in [0.25, 0.3) is 0 Å². The molecule has 240 valence electrons. The molecule has 8 aromatic carbocycles. The van der Waals surface area contributed by atoms with Crippen LogP contribution in [-0.4, -0.2) is 9.13 Å². The molecule has 2 nitrogen and oxygen atoms in total. The summed E-state index contributed by atoms with van der Waals surface area (Å²) in [4.78, 5) is 0. The quantitative estimate of drug-likeness (QED) is 0.130. The van der Waals surface area contributed by atoms with Crippen molar-refractivity contribution in [3.05, 3.63) is 193 Å². The number of hydrogen-bond donors (Lipinski definition) is 0. The van der Waals surface area contributed by atoms with E-state index in [1.807, 2.05) is 0 Å². The first-order valence-electron chi connectivity index (χ1n) is 17.6. The molecule has 0 aliphatic heterocycles. The van der Waals surface area contributed by atoms with Crippen LogP contribution in [0, 0.1) is 6.92 Å². The normalized spacial score (nSPS) is 12.0. The van der Waals surface area contributed by atoms with Crippen LogP contribution in [0.3, 0.4) is 0 Å². The van der Waals surface area contributed by atoms with Gasteiger partial charge in [0.2, 0.25) is 0 Å². The van der Waals surface area contributed by atoms with Crippen molar-refractivity contribution in [1.82, 2.24) is 9.13 Å². The third-order valence-corrected chi connectivity index (χ3v) is 10.7. The van der Waals surface area contributed by atoms with Crippen LogP contribution in [0.2, 0.25) is 0 Å². The van der Waals surface area contributed by atoms with Crippen molar-refractivity contribution in [3.63, 3.8) is 0 Å². The Balaban J connectivity index is 1.09. The molecule has 2 heteroatoms. The maximum Gasteiger partial charge on any atom is 0.0547 e. The fourth-order valence-electron chi connectivity index (χ4n) is 8.28. The Bertz CT molecular complexity index is 3010. The first-order valence-corrected chi connectivity index (χ1v) is 17.6. The molecule has 0 fully saturated rings.